The van der Waals surface area contributed by atoms with E-state index in [1.807, 2.05) is 0 Å². The van der Waals surface area contributed by atoms with Gasteiger partial charge in [-0.1, -0.05) is 13.4 Å². The van der Waals surface area contributed by atoms with Crippen molar-refractivity contribution in [2.75, 3.05) is 0 Å². The Labute approximate surface area is 52.4 Å². The standard InChI is InChI=1S/C5H7O4.Rf/c1-2-4(5(7)8)9-3-6;/h4H,2H2,1H3,(H,7,8);/q-1;. The van der Waals surface area contributed by atoms with Crippen molar-refractivity contribution in [2.24, 2.45) is 0 Å². The molecule has 0 radical (unpaired) electrons. The predicted molar refractivity (Wildman–Crippen MR) is 28.5 cm³/mol. The third-order valence-electron chi connectivity index (χ3n) is 0.837. The number of ether oxygens (including phenoxy) is 1. The van der Waals surface area contributed by atoms with Crippen LogP contribution in [-0.2, 0) is 14.3 Å². The third kappa shape index (κ3) is 3.01. The first-order valence-electron chi connectivity index (χ1n) is 2.48. The van der Waals surface area contributed by atoms with Crippen LogP contribution in [0.4, 0.5) is 0 Å². The molecule has 5 heteroatoms. The fraction of sp³-hybridized carbons (Fsp3) is 0.600. The van der Waals surface area contributed by atoms with Gasteiger partial charge in [-0.3, -0.25) is 0 Å². The normalized spacial score (nSPS) is 10.9. The van der Waals surface area contributed by atoms with E-state index in [4.69, 9.17) is 5.11 Å². The van der Waals surface area contributed by atoms with E-state index in [0.29, 0.717) is 0 Å². The number of carbonyl (C=O) groups is 1. The van der Waals surface area contributed by atoms with Gasteiger partial charge < -0.3 is 14.6 Å². The van der Waals surface area contributed by atoms with Crippen molar-refractivity contribution in [1.82, 2.24) is 0 Å². The van der Waals surface area contributed by atoms with E-state index >= 15 is 0 Å². The van der Waals surface area contributed by atoms with Gasteiger partial charge in [0.2, 0.25) is 0 Å². The number of carboxylic acids is 1. The topological polar surface area (TPSA) is 63.6 Å². The number of rotatable bonds is 4. The molecule has 1 unspecified atom stereocenters. The summed E-state index contributed by atoms with van der Waals surface area (Å²) in [6, 6.07) is 0. The van der Waals surface area contributed by atoms with Crippen molar-refractivity contribution in [1.29, 1.82) is 0 Å². The molecule has 0 spiro atoms. The van der Waals surface area contributed by atoms with Gasteiger partial charge in [0, 0.05) is 0 Å². The molecule has 0 saturated carbocycles. The number of hydrogen-bond acceptors (Lipinski definition) is 3. The van der Waals surface area contributed by atoms with Gasteiger partial charge in [-0.2, -0.15) is 0 Å². The van der Waals surface area contributed by atoms with Gasteiger partial charge in [-0.25, -0.2) is 4.79 Å². The van der Waals surface area contributed by atoms with E-state index in [1.54, 1.807) is 6.92 Å². The zero-order valence-corrected chi connectivity index (χ0v) is 12.1. The van der Waals surface area contributed by atoms with Crippen molar-refractivity contribution in [3.8, 4) is 0 Å². The van der Waals surface area contributed by atoms with E-state index in [1.165, 1.54) is 0 Å². The van der Waals surface area contributed by atoms with Crippen LogP contribution in [0.1, 0.15) is 13.3 Å². The molecule has 4 nitrogen and oxygen atoms in total. The molecule has 0 amide bonds. The van der Waals surface area contributed by atoms with Crippen molar-refractivity contribution >= 4 is 12.4 Å². The van der Waals surface area contributed by atoms with Gasteiger partial charge in [0.15, 0.2) is 6.10 Å². The molecule has 0 heterocycles. The molecular weight excluding hydrogens is 391 g/mol. The van der Waals surface area contributed by atoms with Gasteiger partial charge in [0.1, 0.15) is 0 Å². The molecule has 10 heavy (non-hydrogen) atoms. The second-order valence-electron chi connectivity index (χ2n) is 1.44. The van der Waals surface area contributed by atoms with Gasteiger partial charge in [-0.15, -0.1) is 0 Å². The summed E-state index contributed by atoms with van der Waals surface area (Å²) < 4.78 is 4.05. The summed E-state index contributed by atoms with van der Waals surface area (Å²) in [7, 11) is 0. The third-order valence-corrected chi connectivity index (χ3v) is 0.837. The molecule has 1 atom stereocenters. The van der Waals surface area contributed by atoms with Crippen molar-refractivity contribution in [3.63, 3.8) is 0 Å². The van der Waals surface area contributed by atoms with E-state index in [2.05, 4.69) is 4.74 Å². The Kier molecular flexibility index (Phi) is 5.51. The number of carbonyl (C=O) groups excluding carboxylic acids is 1. The Morgan fingerprint density at radius 1 is 1.80 bits per heavy atom. The molecular formula is C5H7O4Rf-. The van der Waals surface area contributed by atoms with Crippen LogP contribution in [0, 0.1) is 0 Å². The fourth-order valence-electron chi connectivity index (χ4n) is 0.366. The molecule has 0 aromatic carbocycles. The molecule has 54 valence electrons. The fourth-order valence-corrected chi connectivity index (χ4v) is 0.366. The van der Waals surface area contributed by atoms with Crippen LogP contribution < -0.4 is 0 Å². The molecule has 0 aromatic rings. The second-order valence-corrected chi connectivity index (χ2v) is 1.44. The summed E-state index contributed by atoms with van der Waals surface area (Å²) in [6.45, 7) is 2.68. The van der Waals surface area contributed by atoms with Crippen LogP contribution in [0.2, 0.25) is 0 Å². The molecule has 0 aliphatic heterocycles. The summed E-state index contributed by atoms with van der Waals surface area (Å²) in [5.74, 6) is -1.14. The van der Waals surface area contributed by atoms with E-state index in [-0.39, 0.29) is 6.42 Å². The van der Waals surface area contributed by atoms with Crippen molar-refractivity contribution in [3.05, 3.63) is 0 Å². The SMILES string of the molecule is CCC(O[C-]=O)C(=O)O.[Rf]. The van der Waals surface area contributed by atoms with E-state index < -0.39 is 12.1 Å². The Hall–Kier alpha value is -2.06. The summed E-state index contributed by atoms with van der Waals surface area (Å²) >= 11 is 0. The number of hydrogen-bond donors (Lipinski definition) is 1. The zero-order chi connectivity index (χ0) is 7.28. The average Bonchev–Trinajstić information content (AvgIpc) is 1.82. The minimum Gasteiger partial charge on any atom is -0.643 e. The maximum Gasteiger partial charge on any atom is 0.341 e. The summed E-state index contributed by atoms with van der Waals surface area (Å²) in [6.07, 6.45) is -0.771. The Morgan fingerprint density at radius 3 is 2.40 bits per heavy atom. The monoisotopic (exact) mass is 398 g/mol. The molecule has 0 saturated heterocycles. The zero-order valence-electron chi connectivity index (χ0n) is 5.66. The van der Waals surface area contributed by atoms with Crippen LogP contribution in [0.5, 0.6) is 0 Å². The second kappa shape index (κ2) is 5.08. The van der Waals surface area contributed by atoms with Crippen LogP contribution >= 0.6 is 0 Å². The van der Waals surface area contributed by atoms with Crippen LogP contribution in [0.15, 0.2) is 0 Å². The number of aliphatic carboxylic acids is 1. The first-order valence-corrected chi connectivity index (χ1v) is 2.48. The number of carboxylic acid groups (broad SMARTS) is 1. The predicted octanol–water partition coefficient (Wildman–Crippen LogP) is -0.0666. The van der Waals surface area contributed by atoms with Crippen LogP contribution in [-0.4, -0.2) is 23.7 Å². The molecule has 1 N–H and O–H groups in total. The molecule has 0 bridgehead atoms. The van der Waals surface area contributed by atoms with Crippen LogP contribution in [0.25, 0.3) is 0 Å². The maximum atomic E-state index is 10.0. The molecule has 0 aliphatic rings. The molecule has 0 aromatic heterocycles. The van der Waals surface area contributed by atoms with Gasteiger partial charge in [0.05, 0.1) is 0 Å². The van der Waals surface area contributed by atoms with Crippen molar-refractivity contribution in [2.45, 2.75) is 19.4 Å². The van der Waals surface area contributed by atoms with Gasteiger partial charge >= 0.3 is 5.97 Å². The smallest absolute Gasteiger partial charge is 0.341 e. The molecule has 0 rings (SSSR count). The average molecular weight is 398 g/mol. The molecule has 0 fully saturated rings. The van der Waals surface area contributed by atoms with Crippen molar-refractivity contribution < 1.29 is 19.4 Å². The first-order chi connectivity index (χ1) is 4.22. The Morgan fingerprint density at radius 2 is 2.30 bits per heavy atom. The van der Waals surface area contributed by atoms with E-state index in [0.717, 1.165) is 6.47 Å². The van der Waals surface area contributed by atoms with Gasteiger partial charge in [0.25, 0.3) is 0 Å². The van der Waals surface area contributed by atoms with Crippen LogP contribution in [0.3, 0.4) is 0 Å². The first kappa shape index (κ1) is 10.8. The minimum atomic E-state index is -1.14. The minimum absolute atomic E-state index is 0. The Bertz CT molecular complexity index is 114. The molecule has 0 aliphatic carbocycles. The maximum absolute atomic E-state index is 10.0. The van der Waals surface area contributed by atoms with Gasteiger partial charge in [-0.05, 0) is 6.42 Å². The quantitative estimate of drug-likeness (QED) is 0.674. The largest absolute Gasteiger partial charge is 0.643 e. The summed E-state index contributed by atoms with van der Waals surface area (Å²) in [4.78, 5) is 19.5. The Balaban J connectivity index is 0. The summed E-state index contributed by atoms with van der Waals surface area (Å²) in [5, 5.41) is 8.20. The van der Waals surface area contributed by atoms with E-state index in [9.17, 15) is 9.59 Å². The summed E-state index contributed by atoms with van der Waals surface area (Å²) in [5.41, 5.74) is 0.